The predicted octanol–water partition coefficient (Wildman–Crippen LogP) is 2.91. The number of nitrogens with zero attached hydrogens (tertiary/aromatic N) is 2. The molecule has 1 N–H and O–H groups in total. The summed E-state index contributed by atoms with van der Waals surface area (Å²) in [4.78, 5) is 31.4. The number of nitrogens with one attached hydrogen (secondary N) is 1. The van der Waals surface area contributed by atoms with Gasteiger partial charge in [0.2, 0.25) is 11.8 Å². The van der Waals surface area contributed by atoms with Crippen LogP contribution in [0.1, 0.15) is 12.0 Å². The van der Waals surface area contributed by atoms with E-state index in [4.69, 9.17) is 4.74 Å². The third kappa shape index (κ3) is 3.41. The molecule has 142 valence electrons. The first-order valence-electron chi connectivity index (χ1n) is 9.21. The van der Waals surface area contributed by atoms with Crippen LogP contribution in [0.25, 0.3) is 10.9 Å². The van der Waals surface area contributed by atoms with Crippen LogP contribution >= 0.6 is 0 Å². The number of aromatic nitrogens is 1. The Balaban J connectivity index is 1.48. The van der Waals surface area contributed by atoms with Crippen LogP contribution in [-0.2, 0) is 16.1 Å². The normalized spacial score (nSPS) is 16.4. The highest BCUT2D eigenvalue weighted by molar-refractivity contribution is 6.05. The first-order chi connectivity index (χ1) is 13.7. The maximum Gasteiger partial charge on any atom is 0.227 e. The molecule has 0 aliphatic carbocycles. The number of hydrogen-bond donors (Lipinski definition) is 1. The number of carbonyl (C=O) groups excluding carboxylic acids is 2. The zero-order valence-electron chi connectivity index (χ0n) is 15.6. The molecule has 3 aromatic rings. The number of methoxy groups -OCH3 is 1. The lowest BCUT2D eigenvalue weighted by atomic mass is 10.1. The van der Waals surface area contributed by atoms with Gasteiger partial charge in [-0.15, -0.1) is 0 Å². The molecule has 0 saturated carbocycles. The highest BCUT2D eigenvalue weighted by Crippen LogP contribution is 2.30. The summed E-state index contributed by atoms with van der Waals surface area (Å²) in [7, 11) is 1.60. The van der Waals surface area contributed by atoms with Crippen molar-refractivity contribution < 1.29 is 14.3 Å². The Morgan fingerprint density at radius 3 is 2.86 bits per heavy atom. The summed E-state index contributed by atoms with van der Waals surface area (Å²) in [5.41, 5.74) is 2.43. The van der Waals surface area contributed by atoms with Crippen molar-refractivity contribution in [3.63, 3.8) is 0 Å². The van der Waals surface area contributed by atoms with Crippen molar-refractivity contribution in [1.29, 1.82) is 0 Å². The predicted molar refractivity (Wildman–Crippen MR) is 107 cm³/mol. The van der Waals surface area contributed by atoms with E-state index in [1.807, 2.05) is 54.6 Å². The van der Waals surface area contributed by atoms with Crippen LogP contribution in [0, 0.1) is 5.92 Å². The summed E-state index contributed by atoms with van der Waals surface area (Å²) in [5, 5.41) is 3.90. The van der Waals surface area contributed by atoms with Gasteiger partial charge in [0.25, 0.3) is 0 Å². The maximum absolute atomic E-state index is 12.7. The number of fused-ring (bicyclic) bond motifs is 1. The summed E-state index contributed by atoms with van der Waals surface area (Å²) >= 11 is 0. The van der Waals surface area contributed by atoms with Crippen molar-refractivity contribution in [2.75, 3.05) is 18.6 Å². The van der Waals surface area contributed by atoms with E-state index in [2.05, 4.69) is 10.3 Å². The van der Waals surface area contributed by atoms with Crippen LogP contribution in [0.2, 0.25) is 0 Å². The minimum Gasteiger partial charge on any atom is -0.496 e. The summed E-state index contributed by atoms with van der Waals surface area (Å²) in [6.07, 6.45) is 1.91. The van der Waals surface area contributed by atoms with Crippen molar-refractivity contribution in [2.45, 2.75) is 13.0 Å². The topological polar surface area (TPSA) is 71.5 Å². The Hall–Kier alpha value is -3.41. The van der Waals surface area contributed by atoms with Crippen LogP contribution in [0.5, 0.6) is 5.75 Å². The van der Waals surface area contributed by atoms with Gasteiger partial charge in [0.1, 0.15) is 5.75 Å². The van der Waals surface area contributed by atoms with E-state index >= 15 is 0 Å². The number of rotatable bonds is 5. The fraction of sp³-hybridized carbons (Fsp3) is 0.227. The number of amides is 2. The van der Waals surface area contributed by atoms with Gasteiger partial charge in [0.05, 0.1) is 24.2 Å². The molecule has 1 aliphatic rings. The monoisotopic (exact) mass is 375 g/mol. The van der Waals surface area contributed by atoms with Crippen LogP contribution in [0.4, 0.5) is 5.69 Å². The molecule has 1 saturated heterocycles. The minimum absolute atomic E-state index is 0.0596. The summed E-state index contributed by atoms with van der Waals surface area (Å²) < 4.78 is 5.32. The zero-order chi connectivity index (χ0) is 19.5. The van der Waals surface area contributed by atoms with E-state index in [1.165, 1.54) is 0 Å². The number of para-hydroxylation sites is 2. The van der Waals surface area contributed by atoms with Gasteiger partial charge in [0.15, 0.2) is 0 Å². The second-order valence-corrected chi connectivity index (χ2v) is 6.79. The Labute approximate surface area is 163 Å². The van der Waals surface area contributed by atoms with Crippen molar-refractivity contribution >= 4 is 28.4 Å². The Morgan fingerprint density at radius 1 is 1.18 bits per heavy atom. The fourth-order valence-electron chi connectivity index (χ4n) is 3.60. The Kier molecular flexibility index (Phi) is 4.93. The summed E-state index contributed by atoms with van der Waals surface area (Å²) in [6.45, 7) is 0.718. The van der Waals surface area contributed by atoms with Crippen molar-refractivity contribution in [2.24, 2.45) is 5.92 Å². The average Bonchev–Trinajstić information content (AvgIpc) is 3.13. The van der Waals surface area contributed by atoms with Crippen LogP contribution in [-0.4, -0.2) is 30.5 Å². The molecule has 0 radical (unpaired) electrons. The summed E-state index contributed by atoms with van der Waals surface area (Å²) in [6, 6.07) is 17.1. The molecule has 0 bridgehead atoms. The van der Waals surface area contributed by atoms with E-state index in [9.17, 15) is 9.59 Å². The minimum atomic E-state index is -0.388. The number of benzene rings is 2. The van der Waals surface area contributed by atoms with Gasteiger partial charge in [-0.3, -0.25) is 14.6 Å². The van der Waals surface area contributed by atoms with E-state index in [-0.39, 0.29) is 24.2 Å². The maximum atomic E-state index is 12.7. The van der Waals surface area contributed by atoms with Crippen LogP contribution < -0.4 is 15.0 Å². The number of hydrogen-bond acceptors (Lipinski definition) is 4. The Morgan fingerprint density at radius 2 is 2.00 bits per heavy atom. The molecule has 1 atom stereocenters. The molecule has 2 amide bonds. The van der Waals surface area contributed by atoms with Crippen molar-refractivity contribution in [1.82, 2.24) is 10.3 Å². The largest absolute Gasteiger partial charge is 0.496 e. The van der Waals surface area contributed by atoms with Gasteiger partial charge < -0.3 is 15.0 Å². The standard InChI is InChI=1S/C22H21N3O3/c1-28-19-10-3-2-6-16(19)13-24-22(27)17-12-20(26)25(14-17)18-9-4-7-15-8-5-11-23-21(15)18/h2-11,17H,12-14H2,1H3,(H,24,27). The van der Waals surface area contributed by atoms with Gasteiger partial charge in [-0.2, -0.15) is 0 Å². The second kappa shape index (κ2) is 7.68. The second-order valence-electron chi connectivity index (χ2n) is 6.79. The Bertz CT molecular complexity index is 1030. The zero-order valence-corrected chi connectivity index (χ0v) is 15.6. The van der Waals surface area contributed by atoms with Gasteiger partial charge in [0, 0.05) is 36.7 Å². The molecule has 1 aliphatic heterocycles. The molecule has 6 nitrogen and oxygen atoms in total. The number of carbonyl (C=O) groups is 2. The molecule has 1 unspecified atom stereocenters. The quantitative estimate of drug-likeness (QED) is 0.744. The number of pyridine rings is 1. The van der Waals surface area contributed by atoms with Crippen molar-refractivity contribution in [3.05, 3.63) is 66.4 Å². The SMILES string of the molecule is COc1ccccc1CNC(=O)C1CC(=O)N(c2cccc3cccnc23)C1. The van der Waals surface area contributed by atoms with Gasteiger partial charge in [-0.25, -0.2) is 0 Å². The third-order valence-electron chi connectivity index (χ3n) is 5.04. The van der Waals surface area contributed by atoms with E-state index in [0.29, 0.717) is 13.1 Å². The lowest BCUT2D eigenvalue weighted by Gasteiger charge is -2.18. The molecule has 1 fully saturated rings. The average molecular weight is 375 g/mol. The molecular weight excluding hydrogens is 354 g/mol. The molecule has 28 heavy (non-hydrogen) atoms. The smallest absolute Gasteiger partial charge is 0.227 e. The van der Waals surface area contributed by atoms with Gasteiger partial charge in [-0.1, -0.05) is 36.4 Å². The molecule has 2 aromatic carbocycles. The van der Waals surface area contributed by atoms with E-state index in [1.54, 1.807) is 18.2 Å². The van der Waals surface area contributed by atoms with Crippen LogP contribution in [0.15, 0.2) is 60.8 Å². The first kappa shape index (κ1) is 18.0. The molecule has 2 heterocycles. The lowest BCUT2D eigenvalue weighted by Crippen LogP contribution is -2.32. The van der Waals surface area contributed by atoms with Gasteiger partial charge >= 0.3 is 0 Å². The van der Waals surface area contributed by atoms with Crippen molar-refractivity contribution in [3.8, 4) is 5.75 Å². The molecule has 1 aromatic heterocycles. The van der Waals surface area contributed by atoms with E-state index < -0.39 is 0 Å². The molecule has 0 spiro atoms. The fourth-order valence-corrected chi connectivity index (χ4v) is 3.60. The third-order valence-corrected chi connectivity index (χ3v) is 5.04. The molecule has 6 heteroatoms. The molecular formula is C22H21N3O3. The molecule has 4 rings (SSSR count). The summed E-state index contributed by atoms with van der Waals surface area (Å²) in [5.74, 6) is 0.153. The van der Waals surface area contributed by atoms with Crippen LogP contribution in [0.3, 0.4) is 0 Å². The number of ether oxygens (including phenoxy) is 1. The van der Waals surface area contributed by atoms with E-state index in [0.717, 1.165) is 27.9 Å². The highest BCUT2D eigenvalue weighted by atomic mass is 16.5. The van der Waals surface area contributed by atoms with Gasteiger partial charge in [-0.05, 0) is 18.2 Å². The highest BCUT2D eigenvalue weighted by Gasteiger charge is 2.35. The number of anilines is 1. The lowest BCUT2D eigenvalue weighted by molar-refractivity contribution is -0.126. The first-order valence-corrected chi connectivity index (χ1v) is 9.21.